The van der Waals surface area contributed by atoms with Gasteiger partial charge >= 0.3 is 0 Å². The molecule has 4 heterocycles. The zero-order chi connectivity index (χ0) is 16.5. The lowest BCUT2D eigenvalue weighted by molar-refractivity contribution is 0.0944. The molecule has 0 unspecified atom stereocenters. The molecule has 0 saturated heterocycles. The van der Waals surface area contributed by atoms with Crippen LogP contribution in [-0.2, 0) is 6.54 Å². The predicted molar refractivity (Wildman–Crippen MR) is 93.8 cm³/mol. The first-order valence-corrected chi connectivity index (χ1v) is 8.69. The third kappa shape index (κ3) is 2.83. The smallest absolute Gasteiger partial charge is 0.272 e. The van der Waals surface area contributed by atoms with Gasteiger partial charge in [0.15, 0.2) is 17.2 Å². The van der Waals surface area contributed by atoms with Gasteiger partial charge in [-0.1, -0.05) is 6.07 Å². The first-order chi connectivity index (χ1) is 11.7. The summed E-state index contributed by atoms with van der Waals surface area (Å²) in [4.78, 5) is 13.3. The van der Waals surface area contributed by atoms with Crippen molar-refractivity contribution in [3.05, 3.63) is 57.9 Å². The van der Waals surface area contributed by atoms with Crippen LogP contribution >= 0.6 is 27.3 Å². The van der Waals surface area contributed by atoms with E-state index in [0.29, 0.717) is 11.5 Å². The van der Waals surface area contributed by atoms with Gasteiger partial charge in [-0.25, -0.2) is 0 Å². The lowest BCUT2D eigenvalue weighted by Gasteiger charge is -2.01. The van der Waals surface area contributed by atoms with E-state index in [4.69, 9.17) is 0 Å². The molecule has 0 aliphatic carbocycles. The highest BCUT2D eigenvalue weighted by Crippen LogP contribution is 2.30. The van der Waals surface area contributed by atoms with E-state index in [2.05, 4.69) is 41.6 Å². The number of nitrogens with one attached hydrogen (secondary N) is 2. The van der Waals surface area contributed by atoms with E-state index in [9.17, 15) is 4.79 Å². The third-order valence-electron chi connectivity index (χ3n) is 3.44. The molecule has 120 valence electrons. The molecule has 1 amide bonds. The van der Waals surface area contributed by atoms with Gasteiger partial charge in [0.05, 0.1) is 20.9 Å². The fraction of sp³-hybridized carbons (Fsp3) is 0.0667. The minimum Gasteiger partial charge on any atom is -0.343 e. The second-order valence-electron chi connectivity index (χ2n) is 5.00. The van der Waals surface area contributed by atoms with Crippen molar-refractivity contribution in [1.29, 1.82) is 0 Å². The summed E-state index contributed by atoms with van der Waals surface area (Å²) in [5.41, 5.74) is 1.89. The van der Waals surface area contributed by atoms with E-state index >= 15 is 0 Å². The highest BCUT2D eigenvalue weighted by molar-refractivity contribution is 9.11. The van der Waals surface area contributed by atoms with Crippen molar-refractivity contribution in [2.45, 2.75) is 6.54 Å². The highest BCUT2D eigenvalue weighted by Gasteiger charge is 2.13. The largest absolute Gasteiger partial charge is 0.343 e. The predicted octanol–water partition coefficient (Wildman–Crippen LogP) is 2.87. The average Bonchev–Trinajstić information content (AvgIpc) is 3.31. The van der Waals surface area contributed by atoms with Gasteiger partial charge in [-0.2, -0.15) is 5.10 Å². The number of pyridine rings is 1. The van der Waals surface area contributed by atoms with Crippen LogP contribution in [0.4, 0.5) is 0 Å². The van der Waals surface area contributed by atoms with Crippen LogP contribution in [0.25, 0.3) is 16.2 Å². The number of rotatable bonds is 4. The van der Waals surface area contributed by atoms with Crippen LogP contribution in [0.2, 0.25) is 0 Å². The summed E-state index contributed by atoms with van der Waals surface area (Å²) in [5.74, 6) is 0.401. The van der Waals surface area contributed by atoms with Gasteiger partial charge in [0.25, 0.3) is 5.91 Å². The molecule has 0 spiro atoms. The minimum absolute atomic E-state index is 0.263. The summed E-state index contributed by atoms with van der Waals surface area (Å²) < 4.78 is 2.86. The molecular weight excluding hydrogens is 392 g/mol. The molecule has 4 rings (SSSR count). The zero-order valence-corrected chi connectivity index (χ0v) is 14.6. The maximum atomic E-state index is 12.3. The fourth-order valence-corrected chi connectivity index (χ4v) is 3.64. The van der Waals surface area contributed by atoms with Crippen molar-refractivity contribution >= 4 is 38.8 Å². The molecule has 2 N–H and O–H groups in total. The molecule has 0 fully saturated rings. The molecule has 9 heteroatoms. The number of aromatic nitrogens is 5. The number of fused-ring (bicyclic) bond motifs is 1. The van der Waals surface area contributed by atoms with E-state index in [-0.39, 0.29) is 12.5 Å². The molecule has 0 atom stereocenters. The molecule has 0 bridgehead atoms. The van der Waals surface area contributed by atoms with Gasteiger partial charge in [0.2, 0.25) is 0 Å². The lowest BCUT2D eigenvalue weighted by Crippen LogP contribution is -2.24. The molecule has 4 aromatic rings. The normalized spacial score (nSPS) is 11.0. The average molecular weight is 403 g/mol. The van der Waals surface area contributed by atoms with Crippen LogP contribution < -0.4 is 5.32 Å². The molecule has 7 nitrogen and oxygen atoms in total. The zero-order valence-electron chi connectivity index (χ0n) is 12.2. The van der Waals surface area contributed by atoms with E-state index in [1.807, 2.05) is 40.9 Å². The lowest BCUT2D eigenvalue weighted by atomic mass is 10.3. The standard InChI is InChI=1S/C15H11BrN6OS/c16-12-5-4-11(24-12)9-7-10(19-18-9)15(23)17-8-14-21-20-13-3-1-2-6-22(13)14/h1-7H,8H2,(H,17,23)(H,18,19). The minimum atomic E-state index is -0.263. The SMILES string of the molecule is O=C(NCc1nnc2ccccn12)c1cc(-c2ccc(Br)s2)[nH]n1. The molecule has 0 saturated carbocycles. The molecule has 0 aromatic carbocycles. The second kappa shape index (κ2) is 6.17. The monoisotopic (exact) mass is 402 g/mol. The van der Waals surface area contributed by atoms with Crippen LogP contribution in [0.3, 0.4) is 0 Å². The van der Waals surface area contributed by atoms with Gasteiger partial charge in [-0.3, -0.25) is 14.3 Å². The Balaban J connectivity index is 1.48. The molecular formula is C15H11BrN6OS. The summed E-state index contributed by atoms with van der Waals surface area (Å²) in [5, 5.41) is 17.9. The molecule has 0 aliphatic heterocycles. The van der Waals surface area contributed by atoms with Gasteiger partial charge in [0, 0.05) is 6.20 Å². The van der Waals surface area contributed by atoms with E-state index < -0.39 is 0 Å². The fourth-order valence-electron chi connectivity index (χ4n) is 2.28. The molecule has 4 aromatic heterocycles. The summed E-state index contributed by atoms with van der Waals surface area (Å²) in [7, 11) is 0. The van der Waals surface area contributed by atoms with Crippen LogP contribution in [-0.4, -0.2) is 30.7 Å². The highest BCUT2D eigenvalue weighted by atomic mass is 79.9. The Bertz CT molecular complexity index is 1020. The molecule has 24 heavy (non-hydrogen) atoms. The number of thiophene rings is 1. The number of hydrogen-bond acceptors (Lipinski definition) is 5. The number of H-pyrrole nitrogens is 1. The molecule has 0 radical (unpaired) electrons. The van der Waals surface area contributed by atoms with Crippen molar-refractivity contribution in [1.82, 2.24) is 30.1 Å². The van der Waals surface area contributed by atoms with Crippen molar-refractivity contribution < 1.29 is 4.79 Å². The number of carbonyl (C=O) groups excluding carboxylic acids is 1. The van der Waals surface area contributed by atoms with Gasteiger partial charge in [-0.15, -0.1) is 21.5 Å². The number of halogens is 1. The summed E-state index contributed by atoms with van der Waals surface area (Å²) in [6.07, 6.45) is 1.86. The van der Waals surface area contributed by atoms with Crippen molar-refractivity contribution in [3.8, 4) is 10.6 Å². The second-order valence-corrected chi connectivity index (χ2v) is 7.46. The number of nitrogens with zero attached hydrogens (tertiary/aromatic N) is 4. The summed E-state index contributed by atoms with van der Waals surface area (Å²) in [6.45, 7) is 0.275. The molecule has 0 aliphatic rings. The van der Waals surface area contributed by atoms with Gasteiger partial charge in [-0.05, 0) is 46.3 Å². The number of carbonyl (C=O) groups is 1. The van der Waals surface area contributed by atoms with Crippen molar-refractivity contribution in [2.75, 3.05) is 0 Å². The van der Waals surface area contributed by atoms with Crippen LogP contribution in [0, 0.1) is 0 Å². The Labute approximate surface area is 148 Å². The first kappa shape index (κ1) is 15.0. The number of amides is 1. The summed E-state index contributed by atoms with van der Waals surface area (Å²) in [6, 6.07) is 11.3. The Morgan fingerprint density at radius 3 is 3.04 bits per heavy atom. The van der Waals surface area contributed by atoms with Crippen LogP contribution in [0.5, 0.6) is 0 Å². The van der Waals surface area contributed by atoms with Crippen LogP contribution in [0.15, 0.2) is 46.4 Å². The van der Waals surface area contributed by atoms with Gasteiger partial charge < -0.3 is 5.32 Å². The topological polar surface area (TPSA) is 88.0 Å². The third-order valence-corrected chi connectivity index (χ3v) is 5.10. The van der Waals surface area contributed by atoms with E-state index in [0.717, 1.165) is 20.0 Å². The Kier molecular flexibility index (Phi) is 3.87. The van der Waals surface area contributed by atoms with E-state index in [1.165, 1.54) is 0 Å². The summed E-state index contributed by atoms with van der Waals surface area (Å²) >= 11 is 4.99. The maximum Gasteiger partial charge on any atom is 0.272 e. The van der Waals surface area contributed by atoms with E-state index in [1.54, 1.807) is 17.4 Å². The van der Waals surface area contributed by atoms with Gasteiger partial charge in [0.1, 0.15) is 0 Å². The Morgan fingerprint density at radius 1 is 1.29 bits per heavy atom. The van der Waals surface area contributed by atoms with Crippen molar-refractivity contribution in [3.63, 3.8) is 0 Å². The maximum absolute atomic E-state index is 12.3. The van der Waals surface area contributed by atoms with Crippen LogP contribution in [0.1, 0.15) is 16.3 Å². The van der Waals surface area contributed by atoms with Crippen molar-refractivity contribution in [2.24, 2.45) is 0 Å². The first-order valence-electron chi connectivity index (χ1n) is 7.09. The quantitative estimate of drug-likeness (QED) is 0.549. The Morgan fingerprint density at radius 2 is 2.21 bits per heavy atom. The Hall–Kier alpha value is -2.52. The number of hydrogen-bond donors (Lipinski definition) is 2. The number of aromatic amines is 1.